The first-order chi connectivity index (χ1) is 5.16. The number of nitrogens with zero attached hydrogens (tertiary/aromatic N) is 1. The molecular formula is C6H8IN3O. The summed E-state index contributed by atoms with van der Waals surface area (Å²) >= 11 is 2.08. The second-order valence-corrected chi connectivity index (χ2v) is 3.17. The van der Waals surface area contributed by atoms with E-state index in [-0.39, 0.29) is 5.91 Å². The van der Waals surface area contributed by atoms with Gasteiger partial charge in [-0.3, -0.25) is 9.89 Å². The first kappa shape index (κ1) is 8.51. The first-order valence-corrected chi connectivity index (χ1v) is 4.17. The maximum atomic E-state index is 11.0. The number of H-pyrrole nitrogens is 1. The van der Waals surface area contributed by atoms with Crippen LogP contribution in [0.4, 0.5) is 0 Å². The summed E-state index contributed by atoms with van der Waals surface area (Å²) in [7, 11) is 1.59. The lowest BCUT2D eigenvalue weighted by Crippen LogP contribution is -2.19. The predicted octanol–water partition coefficient (Wildman–Crippen LogP) is 0.682. The number of halogens is 1. The van der Waals surface area contributed by atoms with Gasteiger partial charge in [-0.05, 0) is 29.5 Å². The minimum atomic E-state index is -0.154. The number of aromatic amines is 1. The van der Waals surface area contributed by atoms with Crippen LogP contribution in [0.15, 0.2) is 0 Å². The van der Waals surface area contributed by atoms with E-state index in [1.54, 1.807) is 7.05 Å². The molecule has 0 saturated carbocycles. The molecule has 4 nitrogen and oxygen atoms in total. The molecule has 0 aliphatic heterocycles. The zero-order chi connectivity index (χ0) is 8.43. The Morgan fingerprint density at radius 2 is 2.36 bits per heavy atom. The van der Waals surface area contributed by atoms with Crippen LogP contribution in [0.3, 0.4) is 0 Å². The first-order valence-electron chi connectivity index (χ1n) is 3.09. The third kappa shape index (κ3) is 1.52. The molecule has 0 aromatic carbocycles. The Kier molecular flexibility index (Phi) is 2.48. The Bertz CT molecular complexity index is 281. The van der Waals surface area contributed by atoms with Gasteiger partial charge in [-0.15, -0.1) is 0 Å². The van der Waals surface area contributed by atoms with Gasteiger partial charge in [0.15, 0.2) is 5.69 Å². The molecule has 1 aromatic rings. The minimum absolute atomic E-state index is 0.154. The summed E-state index contributed by atoms with van der Waals surface area (Å²) in [6.07, 6.45) is 0. The van der Waals surface area contributed by atoms with Crippen LogP contribution in [0, 0.1) is 10.5 Å². The summed E-state index contributed by atoms with van der Waals surface area (Å²) in [5.74, 6) is -0.154. The second kappa shape index (κ2) is 3.21. The highest BCUT2D eigenvalue weighted by Crippen LogP contribution is 2.12. The number of carbonyl (C=O) groups excluding carboxylic acids is 1. The topological polar surface area (TPSA) is 57.8 Å². The molecule has 0 radical (unpaired) electrons. The van der Waals surface area contributed by atoms with E-state index < -0.39 is 0 Å². The molecule has 0 aliphatic carbocycles. The summed E-state index contributed by atoms with van der Waals surface area (Å²) < 4.78 is 0.877. The van der Waals surface area contributed by atoms with Gasteiger partial charge < -0.3 is 5.32 Å². The van der Waals surface area contributed by atoms with E-state index in [1.807, 2.05) is 6.92 Å². The normalized spacial score (nSPS) is 9.73. The summed E-state index contributed by atoms with van der Waals surface area (Å²) in [5.41, 5.74) is 1.38. The lowest BCUT2D eigenvalue weighted by atomic mass is 10.3. The van der Waals surface area contributed by atoms with Crippen molar-refractivity contribution in [1.29, 1.82) is 0 Å². The van der Waals surface area contributed by atoms with Crippen molar-refractivity contribution in [3.05, 3.63) is 15.0 Å². The lowest BCUT2D eigenvalue weighted by Gasteiger charge is -1.93. The molecule has 5 heteroatoms. The Hall–Kier alpha value is -0.590. The van der Waals surface area contributed by atoms with Gasteiger partial charge in [0.25, 0.3) is 5.91 Å². The Labute approximate surface area is 77.9 Å². The highest BCUT2D eigenvalue weighted by atomic mass is 127. The molecule has 11 heavy (non-hydrogen) atoms. The van der Waals surface area contributed by atoms with Crippen molar-refractivity contribution < 1.29 is 4.79 Å². The van der Waals surface area contributed by atoms with Crippen molar-refractivity contribution in [2.45, 2.75) is 6.92 Å². The van der Waals surface area contributed by atoms with E-state index in [0.717, 1.165) is 9.26 Å². The van der Waals surface area contributed by atoms with Gasteiger partial charge in [0, 0.05) is 12.7 Å². The van der Waals surface area contributed by atoms with Crippen LogP contribution < -0.4 is 5.32 Å². The van der Waals surface area contributed by atoms with Crippen LogP contribution in [0.5, 0.6) is 0 Å². The quantitative estimate of drug-likeness (QED) is 0.734. The Morgan fingerprint density at radius 1 is 1.73 bits per heavy atom. The molecule has 1 heterocycles. The smallest absolute Gasteiger partial charge is 0.272 e. The average Bonchev–Trinajstić information content (AvgIpc) is 2.32. The Balaban J connectivity index is 3.04. The fraction of sp³-hybridized carbons (Fsp3) is 0.333. The average molecular weight is 265 g/mol. The minimum Gasteiger partial charge on any atom is -0.354 e. The molecule has 1 amide bonds. The zero-order valence-electron chi connectivity index (χ0n) is 6.23. The van der Waals surface area contributed by atoms with E-state index >= 15 is 0 Å². The predicted molar refractivity (Wildman–Crippen MR) is 49.4 cm³/mol. The van der Waals surface area contributed by atoms with Gasteiger partial charge >= 0.3 is 0 Å². The molecular weight excluding hydrogens is 257 g/mol. The molecule has 0 saturated heterocycles. The van der Waals surface area contributed by atoms with Crippen LogP contribution in [0.1, 0.15) is 16.2 Å². The molecule has 1 aromatic heterocycles. The van der Waals surface area contributed by atoms with Crippen molar-refractivity contribution in [3.63, 3.8) is 0 Å². The highest BCUT2D eigenvalue weighted by Gasteiger charge is 2.12. The lowest BCUT2D eigenvalue weighted by molar-refractivity contribution is 0.0957. The zero-order valence-corrected chi connectivity index (χ0v) is 8.39. The molecule has 0 atom stereocenters. The van der Waals surface area contributed by atoms with Crippen LogP contribution in [-0.4, -0.2) is 23.2 Å². The van der Waals surface area contributed by atoms with E-state index in [2.05, 4.69) is 38.1 Å². The summed E-state index contributed by atoms with van der Waals surface area (Å²) in [6, 6.07) is 0. The second-order valence-electron chi connectivity index (χ2n) is 2.09. The molecule has 0 spiro atoms. The van der Waals surface area contributed by atoms with Crippen molar-refractivity contribution in [2.75, 3.05) is 7.05 Å². The van der Waals surface area contributed by atoms with E-state index in [1.165, 1.54) is 0 Å². The van der Waals surface area contributed by atoms with Gasteiger partial charge in [-0.25, -0.2) is 0 Å². The number of carbonyl (C=O) groups is 1. The fourth-order valence-corrected chi connectivity index (χ4v) is 1.17. The molecule has 0 fully saturated rings. The molecule has 0 bridgehead atoms. The standard InChI is InChI=1S/C6H8IN3O/c1-3-4(7)5(10-9-3)6(11)8-2/h1-2H3,(H,8,11)(H,9,10). The van der Waals surface area contributed by atoms with Crippen LogP contribution in [0.25, 0.3) is 0 Å². The van der Waals surface area contributed by atoms with Crippen LogP contribution in [-0.2, 0) is 0 Å². The third-order valence-electron chi connectivity index (χ3n) is 1.31. The number of aryl methyl sites for hydroxylation is 1. The monoisotopic (exact) mass is 265 g/mol. The molecule has 1 rings (SSSR count). The number of aromatic nitrogens is 2. The van der Waals surface area contributed by atoms with Crippen molar-refractivity contribution >= 4 is 28.5 Å². The number of hydrogen-bond acceptors (Lipinski definition) is 2. The van der Waals surface area contributed by atoms with E-state index in [4.69, 9.17) is 0 Å². The van der Waals surface area contributed by atoms with E-state index in [9.17, 15) is 4.79 Å². The van der Waals surface area contributed by atoms with Crippen LogP contribution >= 0.6 is 22.6 Å². The number of hydrogen-bond donors (Lipinski definition) is 2. The van der Waals surface area contributed by atoms with Gasteiger partial charge in [-0.2, -0.15) is 5.10 Å². The summed E-state index contributed by atoms with van der Waals surface area (Å²) in [6.45, 7) is 1.88. The molecule has 0 unspecified atom stereocenters. The Morgan fingerprint density at radius 3 is 2.73 bits per heavy atom. The van der Waals surface area contributed by atoms with Crippen molar-refractivity contribution in [2.24, 2.45) is 0 Å². The van der Waals surface area contributed by atoms with Crippen LogP contribution in [0.2, 0.25) is 0 Å². The maximum absolute atomic E-state index is 11.0. The summed E-state index contributed by atoms with van der Waals surface area (Å²) in [5, 5.41) is 9.08. The maximum Gasteiger partial charge on any atom is 0.272 e. The summed E-state index contributed by atoms with van der Waals surface area (Å²) in [4.78, 5) is 11.0. The number of amides is 1. The SMILES string of the molecule is CNC(=O)c1n[nH]c(C)c1I. The highest BCUT2D eigenvalue weighted by molar-refractivity contribution is 14.1. The third-order valence-corrected chi connectivity index (χ3v) is 2.63. The molecule has 60 valence electrons. The van der Waals surface area contributed by atoms with Crippen molar-refractivity contribution in [3.8, 4) is 0 Å². The van der Waals surface area contributed by atoms with Gasteiger partial charge in [0.1, 0.15) is 0 Å². The van der Waals surface area contributed by atoms with Gasteiger partial charge in [0.05, 0.1) is 3.57 Å². The van der Waals surface area contributed by atoms with Gasteiger partial charge in [0.2, 0.25) is 0 Å². The fourth-order valence-electron chi connectivity index (χ4n) is 0.684. The van der Waals surface area contributed by atoms with Gasteiger partial charge in [-0.1, -0.05) is 0 Å². The number of rotatable bonds is 1. The number of nitrogens with one attached hydrogen (secondary N) is 2. The van der Waals surface area contributed by atoms with Crippen molar-refractivity contribution in [1.82, 2.24) is 15.5 Å². The molecule has 0 aliphatic rings. The largest absolute Gasteiger partial charge is 0.354 e. The molecule has 2 N–H and O–H groups in total. The van der Waals surface area contributed by atoms with E-state index in [0.29, 0.717) is 5.69 Å².